The Morgan fingerprint density at radius 3 is 2.81 bits per heavy atom. The van der Waals surface area contributed by atoms with Crippen molar-refractivity contribution in [3.05, 3.63) is 48.0 Å². The molecule has 1 N–H and O–H groups in total. The van der Waals surface area contributed by atoms with Gasteiger partial charge in [-0.05, 0) is 42.1 Å². The number of rotatable bonds is 2. The highest BCUT2D eigenvalue weighted by atomic mass is 14.9. The zero-order chi connectivity index (χ0) is 10.8. The Morgan fingerprint density at radius 2 is 1.94 bits per heavy atom. The minimum atomic E-state index is 0.686. The first-order valence-electron chi connectivity index (χ1n) is 6.13. The maximum atomic E-state index is 3.57. The van der Waals surface area contributed by atoms with Gasteiger partial charge in [0, 0.05) is 6.04 Å². The van der Waals surface area contributed by atoms with Crippen LogP contribution in [0.4, 0.5) is 0 Å². The second-order valence-electron chi connectivity index (χ2n) is 4.64. The summed E-state index contributed by atoms with van der Waals surface area (Å²) in [7, 11) is 0. The van der Waals surface area contributed by atoms with Crippen molar-refractivity contribution >= 4 is 10.8 Å². The lowest BCUT2D eigenvalue weighted by Crippen LogP contribution is -2.23. The average Bonchev–Trinajstić information content (AvgIpc) is 2.82. The number of benzene rings is 2. The summed E-state index contributed by atoms with van der Waals surface area (Å²) < 4.78 is 0. The van der Waals surface area contributed by atoms with Gasteiger partial charge in [0.2, 0.25) is 0 Å². The summed E-state index contributed by atoms with van der Waals surface area (Å²) in [5.74, 6) is 0. The van der Waals surface area contributed by atoms with Gasteiger partial charge in [0.1, 0.15) is 0 Å². The number of hydrogen-bond acceptors (Lipinski definition) is 1. The Kier molecular flexibility index (Phi) is 2.63. The molecule has 16 heavy (non-hydrogen) atoms. The molecule has 1 heteroatoms. The van der Waals surface area contributed by atoms with E-state index in [4.69, 9.17) is 0 Å². The summed E-state index contributed by atoms with van der Waals surface area (Å²) in [6.45, 7) is 1.19. The third-order valence-electron chi connectivity index (χ3n) is 3.51. The molecule has 1 aliphatic rings. The zero-order valence-electron chi connectivity index (χ0n) is 9.45. The lowest BCUT2D eigenvalue weighted by atomic mass is 9.98. The number of nitrogens with one attached hydrogen (secondary N) is 1. The smallest absolute Gasteiger partial charge is 0.0108 e. The summed E-state index contributed by atoms with van der Waals surface area (Å²) >= 11 is 0. The van der Waals surface area contributed by atoms with E-state index in [9.17, 15) is 0 Å². The molecule has 0 radical (unpaired) electrons. The van der Waals surface area contributed by atoms with Crippen molar-refractivity contribution in [3.8, 4) is 0 Å². The molecule has 2 aromatic carbocycles. The highest BCUT2D eigenvalue weighted by Gasteiger charge is 2.15. The van der Waals surface area contributed by atoms with E-state index in [1.54, 1.807) is 0 Å². The van der Waals surface area contributed by atoms with Crippen LogP contribution in [-0.4, -0.2) is 12.6 Å². The SMILES string of the molecule is c1ccc2c(C[C@@H]3CCCN3)cccc2c1. The fourth-order valence-corrected chi connectivity index (χ4v) is 2.67. The first kappa shape index (κ1) is 9.86. The van der Waals surface area contributed by atoms with Crippen LogP contribution < -0.4 is 5.32 Å². The van der Waals surface area contributed by atoms with Crippen LogP contribution in [0.15, 0.2) is 42.5 Å². The maximum Gasteiger partial charge on any atom is 0.0108 e. The molecule has 0 spiro atoms. The minimum Gasteiger partial charge on any atom is -0.314 e. The molecule has 3 rings (SSSR count). The molecule has 0 amide bonds. The van der Waals surface area contributed by atoms with E-state index in [0.717, 1.165) is 0 Å². The molecular formula is C15H17N. The zero-order valence-corrected chi connectivity index (χ0v) is 9.45. The monoisotopic (exact) mass is 211 g/mol. The molecule has 1 nitrogen and oxygen atoms in total. The molecule has 1 saturated heterocycles. The first-order valence-corrected chi connectivity index (χ1v) is 6.13. The Bertz CT molecular complexity index is 478. The molecule has 0 aliphatic carbocycles. The normalized spacial score (nSPS) is 20.4. The van der Waals surface area contributed by atoms with Crippen LogP contribution in [0, 0.1) is 0 Å². The lowest BCUT2D eigenvalue weighted by Gasteiger charge is -2.12. The van der Waals surface area contributed by atoms with Crippen molar-refractivity contribution in [3.63, 3.8) is 0 Å². The van der Waals surface area contributed by atoms with Crippen LogP contribution in [0.1, 0.15) is 18.4 Å². The van der Waals surface area contributed by atoms with Gasteiger partial charge in [0.15, 0.2) is 0 Å². The summed E-state index contributed by atoms with van der Waals surface area (Å²) in [6, 6.07) is 16.0. The summed E-state index contributed by atoms with van der Waals surface area (Å²) in [5, 5.41) is 6.34. The van der Waals surface area contributed by atoms with E-state index >= 15 is 0 Å². The third-order valence-corrected chi connectivity index (χ3v) is 3.51. The van der Waals surface area contributed by atoms with Crippen LogP contribution in [0.5, 0.6) is 0 Å². The lowest BCUT2D eigenvalue weighted by molar-refractivity contribution is 0.605. The standard InChI is InChI=1S/C15H17N/c1-2-9-15-12(5-1)6-3-7-13(15)11-14-8-4-10-16-14/h1-3,5-7,9,14,16H,4,8,10-11H2/t14-/m0/s1. The van der Waals surface area contributed by atoms with Gasteiger partial charge in [-0.2, -0.15) is 0 Å². The average molecular weight is 211 g/mol. The molecular weight excluding hydrogens is 194 g/mol. The molecule has 1 heterocycles. The Labute approximate surface area is 96.5 Å². The van der Waals surface area contributed by atoms with E-state index in [1.165, 1.54) is 42.1 Å². The fraction of sp³-hybridized carbons (Fsp3) is 0.333. The maximum absolute atomic E-state index is 3.57. The van der Waals surface area contributed by atoms with Crippen molar-refractivity contribution in [1.29, 1.82) is 0 Å². The van der Waals surface area contributed by atoms with Gasteiger partial charge in [-0.15, -0.1) is 0 Å². The minimum absolute atomic E-state index is 0.686. The van der Waals surface area contributed by atoms with E-state index in [-0.39, 0.29) is 0 Å². The Balaban J connectivity index is 1.96. The molecule has 0 unspecified atom stereocenters. The fourth-order valence-electron chi connectivity index (χ4n) is 2.67. The van der Waals surface area contributed by atoms with Crippen LogP contribution in [0.2, 0.25) is 0 Å². The van der Waals surface area contributed by atoms with E-state index < -0.39 is 0 Å². The van der Waals surface area contributed by atoms with Crippen LogP contribution in [-0.2, 0) is 6.42 Å². The molecule has 0 bridgehead atoms. The van der Waals surface area contributed by atoms with Crippen molar-refractivity contribution in [2.75, 3.05) is 6.54 Å². The van der Waals surface area contributed by atoms with Gasteiger partial charge in [-0.1, -0.05) is 42.5 Å². The van der Waals surface area contributed by atoms with Gasteiger partial charge in [-0.25, -0.2) is 0 Å². The summed E-state index contributed by atoms with van der Waals surface area (Å²) in [5.41, 5.74) is 1.48. The van der Waals surface area contributed by atoms with Crippen LogP contribution >= 0.6 is 0 Å². The number of hydrogen-bond donors (Lipinski definition) is 1. The summed E-state index contributed by atoms with van der Waals surface area (Å²) in [6.07, 6.45) is 3.82. The number of fused-ring (bicyclic) bond motifs is 1. The van der Waals surface area contributed by atoms with E-state index in [1.807, 2.05) is 0 Å². The summed E-state index contributed by atoms with van der Waals surface area (Å²) in [4.78, 5) is 0. The van der Waals surface area contributed by atoms with Crippen LogP contribution in [0.25, 0.3) is 10.8 Å². The second-order valence-corrected chi connectivity index (χ2v) is 4.64. The Hall–Kier alpha value is -1.34. The molecule has 82 valence electrons. The van der Waals surface area contributed by atoms with Crippen molar-refractivity contribution in [2.45, 2.75) is 25.3 Å². The second kappa shape index (κ2) is 4.26. The van der Waals surface area contributed by atoms with Gasteiger partial charge in [0.05, 0.1) is 0 Å². The van der Waals surface area contributed by atoms with E-state index in [0.29, 0.717) is 6.04 Å². The van der Waals surface area contributed by atoms with Crippen LogP contribution in [0.3, 0.4) is 0 Å². The topological polar surface area (TPSA) is 12.0 Å². The predicted octanol–water partition coefficient (Wildman–Crippen LogP) is 3.13. The third kappa shape index (κ3) is 1.83. The first-order chi connectivity index (χ1) is 7.93. The molecule has 1 fully saturated rings. The van der Waals surface area contributed by atoms with Gasteiger partial charge in [-0.3, -0.25) is 0 Å². The largest absolute Gasteiger partial charge is 0.314 e. The van der Waals surface area contributed by atoms with Gasteiger partial charge in [0.25, 0.3) is 0 Å². The predicted molar refractivity (Wildman–Crippen MR) is 68.7 cm³/mol. The molecule has 1 aliphatic heterocycles. The Morgan fingerprint density at radius 1 is 1.06 bits per heavy atom. The molecule has 0 saturated carbocycles. The highest BCUT2D eigenvalue weighted by Crippen LogP contribution is 2.21. The molecule has 1 atom stereocenters. The quantitative estimate of drug-likeness (QED) is 0.804. The molecule has 2 aromatic rings. The van der Waals surface area contributed by atoms with Crippen molar-refractivity contribution < 1.29 is 0 Å². The van der Waals surface area contributed by atoms with Crippen molar-refractivity contribution in [2.24, 2.45) is 0 Å². The molecule has 0 aromatic heterocycles. The van der Waals surface area contributed by atoms with E-state index in [2.05, 4.69) is 47.8 Å². The highest BCUT2D eigenvalue weighted by molar-refractivity contribution is 5.85. The van der Waals surface area contributed by atoms with Crippen molar-refractivity contribution in [1.82, 2.24) is 5.32 Å². The van der Waals surface area contributed by atoms with Gasteiger partial charge < -0.3 is 5.32 Å². The van der Waals surface area contributed by atoms with Gasteiger partial charge >= 0.3 is 0 Å².